The van der Waals surface area contributed by atoms with E-state index in [9.17, 15) is 4.39 Å². The Labute approximate surface area is 70.8 Å². The van der Waals surface area contributed by atoms with Gasteiger partial charge in [-0.25, -0.2) is 4.39 Å². The first kappa shape index (κ1) is 7.59. The molecule has 2 rings (SSSR count). The average Bonchev–Trinajstić information content (AvgIpc) is 2.02. The van der Waals surface area contributed by atoms with Crippen LogP contribution in [0.25, 0.3) is 0 Å². The Hall–Kier alpha value is -1.05. The van der Waals surface area contributed by atoms with Gasteiger partial charge < -0.3 is 5.11 Å². The zero-order valence-corrected chi connectivity index (χ0v) is 6.76. The van der Waals surface area contributed by atoms with Crippen molar-refractivity contribution in [1.29, 1.82) is 0 Å². The zero-order valence-electron chi connectivity index (χ0n) is 6.76. The van der Waals surface area contributed by atoms with Gasteiger partial charge >= 0.3 is 0 Å². The van der Waals surface area contributed by atoms with Crippen LogP contribution in [0.4, 0.5) is 4.39 Å². The summed E-state index contributed by atoms with van der Waals surface area (Å²) >= 11 is 0. The number of rotatable bonds is 1. The molecule has 12 heavy (non-hydrogen) atoms. The number of benzene rings is 1. The number of aromatic hydroxyl groups is 1. The summed E-state index contributed by atoms with van der Waals surface area (Å²) in [4.78, 5) is 0. The van der Waals surface area contributed by atoms with Gasteiger partial charge in [-0.2, -0.15) is 0 Å². The molecule has 0 aliphatic heterocycles. The Morgan fingerprint density at radius 1 is 1.17 bits per heavy atom. The predicted octanol–water partition coefficient (Wildman–Crippen LogP) is 2.74. The van der Waals surface area contributed by atoms with Gasteiger partial charge in [-0.3, -0.25) is 0 Å². The molecule has 0 bridgehead atoms. The molecule has 1 saturated carbocycles. The smallest absolute Gasteiger partial charge is 0.136 e. The van der Waals surface area contributed by atoms with Gasteiger partial charge in [0.05, 0.1) is 0 Å². The molecule has 64 valence electrons. The highest BCUT2D eigenvalue weighted by Crippen LogP contribution is 2.45. The molecule has 1 aromatic rings. The lowest BCUT2D eigenvalue weighted by molar-refractivity contribution is 0.0609. The third kappa shape index (κ3) is 1.07. The van der Waals surface area contributed by atoms with E-state index in [4.69, 9.17) is 5.11 Å². The second-order valence-corrected chi connectivity index (χ2v) is 3.37. The average molecular weight is 166 g/mol. The molecule has 0 atom stereocenters. The number of phenolic OH excluding ortho intramolecular Hbond substituents is 1. The fourth-order valence-corrected chi connectivity index (χ4v) is 1.54. The van der Waals surface area contributed by atoms with Gasteiger partial charge in [-0.05, 0) is 37.0 Å². The molecule has 2 heteroatoms. The largest absolute Gasteiger partial charge is 0.508 e. The molecule has 1 N–H and O–H groups in total. The molecular weight excluding hydrogens is 155 g/mol. The van der Waals surface area contributed by atoms with Crippen LogP contribution < -0.4 is 0 Å². The minimum absolute atomic E-state index is 0.196. The highest BCUT2D eigenvalue weighted by Gasteiger charge is 2.38. The van der Waals surface area contributed by atoms with Crippen molar-refractivity contribution in [2.45, 2.75) is 24.9 Å². The van der Waals surface area contributed by atoms with Crippen LogP contribution >= 0.6 is 0 Å². The molecular formula is C10H11FO. The Morgan fingerprint density at radius 3 is 2.17 bits per heavy atom. The summed E-state index contributed by atoms with van der Waals surface area (Å²) < 4.78 is 13.7. The van der Waals surface area contributed by atoms with Gasteiger partial charge in [0.25, 0.3) is 0 Å². The number of phenols is 1. The minimum Gasteiger partial charge on any atom is -0.508 e. The highest BCUT2D eigenvalue weighted by atomic mass is 19.1. The Bertz CT molecular complexity index is 274. The van der Waals surface area contributed by atoms with Crippen LogP contribution in [0.2, 0.25) is 0 Å². The fraction of sp³-hybridized carbons (Fsp3) is 0.400. The van der Waals surface area contributed by atoms with Crippen LogP contribution in [-0.2, 0) is 5.67 Å². The standard InChI is InChI=1S/C10H11FO/c11-10(6-1-7-10)8-2-4-9(12)5-3-8/h2-5,12H,1,6-7H2. The Kier molecular flexibility index (Phi) is 1.56. The number of hydrogen-bond acceptors (Lipinski definition) is 1. The van der Waals surface area contributed by atoms with Crippen molar-refractivity contribution < 1.29 is 9.50 Å². The second-order valence-electron chi connectivity index (χ2n) is 3.37. The lowest BCUT2D eigenvalue weighted by atomic mass is 9.77. The molecule has 0 radical (unpaired) electrons. The number of halogens is 1. The minimum atomic E-state index is -1.10. The normalized spacial score (nSPS) is 20.1. The van der Waals surface area contributed by atoms with Gasteiger partial charge in [0.15, 0.2) is 0 Å². The molecule has 1 aliphatic carbocycles. The van der Waals surface area contributed by atoms with Crippen LogP contribution in [0.1, 0.15) is 24.8 Å². The topological polar surface area (TPSA) is 20.2 Å². The van der Waals surface area contributed by atoms with Gasteiger partial charge in [-0.15, -0.1) is 0 Å². The second kappa shape index (κ2) is 2.47. The van der Waals surface area contributed by atoms with E-state index in [1.165, 1.54) is 12.1 Å². The summed E-state index contributed by atoms with van der Waals surface area (Å²) in [5.41, 5.74) is -0.403. The van der Waals surface area contributed by atoms with E-state index in [1.807, 2.05) is 0 Å². The van der Waals surface area contributed by atoms with Crippen molar-refractivity contribution in [1.82, 2.24) is 0 Å². The van der Waals surface area contributed by atoms with E-state index >= 15 is 0 Å². The first-order valence-electron chi connectivity index (χ1n) is 4.19. The van der Waals surface area contributed by atoms with Crippen molar-refractivity contribution in [3.63, 3.8) is 0 Å². The predicted molar refractivity (Wildman–Crippen MR) is 44.7 cm³/mol. The summed E-state index contributed by atoms with van der Waals surface area (Å²) in [6.07, 6.45) is 2.22. The Morgan fingerprint density at radius 2 is 1.75 bits per heavy atom. The molecule has 0 amide bonds. The summed E-state index contributed by atoms with van der Waals surface area (Å²) in [5, 5.41) is 8.99. The number of alkyl halides is 1. The van der Waals surface area contributed by atoms with Gasteiger partial charge in [0, 0.05) is 0 Å². The van der Waals surface area contributed by atoms with Gasteiger partial charge in [-0.1, -0.05) is 12.1 Å². The van der Waals surface area contributed by atoms with Crippen LogP contribution in [0, 0.1) is 0 Å². The molecule has 0 spiro atoms. The molecule has 1 aromatic carbocycles. The quantitative estimate of drug-likeness (QED) is 0.680. The van der Waals surface area contributed by atoms with Gasteiger partial charge in [0.1, 0.15) is 11.4 Å². The maximum Gasteiger partial charge on any atom is 0.136 e. The van der Waals surface area contributed by atoms with Crippen molar-refractivity contribution >= 4 is 0 Å². The molecule has 0 saturated heterocycles. The van der Waals surface area contributed by atoms with E-state index in [-0.39, 0.29) is 5.75 Å². The Balaban J connectivity index is 2.28. The zero-order chi connectivity index (χ0) is 8.60. The van der Waals surface area contributed by atoms with Crippen molar-refractivity contribution in [2.24, 2.45) is 0 Å². The molecule has 1 aliphatic rings. The number of hydrogen-bond donors (Lipinski definition) is 1. The highest BCUT2D eigenvalue weighted by molar-refractivity contribution is 5.31. The lowest BCUT2D eigenvalue weighted by Gasteiger charge is -2.34. The summed E-state index contributed by atoms with van der Waals surface area (Å²) in [7, 11) is 0. The molecule has 1 fully saturated rings. The first-order valence-corrected chi connectivity index (χ1v) is 4.19. The molecule has 0 unspecified atom stereocenters. The van der Waals surface area contributed by atoms with E-state index in [2.05, 4.69) is 0 Å². The molecule has 1 nitrogen and oxygen atoms in total. The fourth-order valence-electron chi connectivity index (χ4n) is 1.54. The third-order valence-corrected chi connectivity index (χ3v) is 2.53. The third-order valence-electron chi connectivity index (χ3n) is 2.53. The van der Waals surface area contributed by atoms with Crippen molar-refractivity contribution in [3.05, 3.63) is 29.8 Å². The van der Waals surface area contributed by atoms with E-state index < -0.39 is 5.67 Å². The summed E-state index contributed by atoms with van der Waals surface area (Å²) in [6, 6.07) is 6.40. The van der Waals surface area contributed by atoms with Crippen LogP contribution in [-0.4, -0.2) is 5.11 Å². The SMILES string of the molecule is Oc1ccc(C2(F)CCC2)cc1. The molecule has 0 aromatic heterocycles. The van der Waals surface area contributed by atoms with E-state index in [0.29, 0.717) is 18.4 Å². The summed E-state index contributed by atoms with van der Waals surface area (Å²) in [6.45, 7) is 0. The molecule has 0 heterocycles. The van der Waals surface area contributed by atoms with Crippen LogP contribution in [0.15, 0.2) is 24.3 Å². The van der Waals surface area contributed by atoms with Crippen molar-refractivity contribution in [3.8, 4) is 5.75 Å². The first-order chi connectivity index (χ1) is 5.71. The van der Waals surface area contributed by atoms with E-state index in [1.54, 1.807) is 12.1 Å². The monoisotopic (exact) mass is 166 g/mol. The van der Waals surface area contributed by atoms with Crippen molar-refractivity contribution in [2.75, 3.05) is 0 Å². The summed E-state index contributed by atoms with van der Waals surface area (Å²) in [5.74, 6) is 0.196. The van der Waals surface area contributed by atoms with Gasteiger partial charge in [0.2, 0.25) is 0 Å². The van der Waals surface area contributed by atoms with E-state index in [0.717, 1.165) is 6.42 Å². The van der Waals surface area contributed by atoms with Crippen LogP contribution in [0.3, 0.4) is 0 Å². The maximum absolute atomic E-state index is 13.7. The maximum atomic E-state index is 13.7. The van der Waals surface area contributed by atoms with Crippen LogP contribution in [0.5, 0.6) is 5.75 Å². The lowest BCUT2D eigenvalue weighted by Crippen LogP contribution is -2.28.